The first-order chi connectivity index (χ1) is 7.20. The topological polar surface area (TPSA) is 9.23 Å². The van der Waals surface area contributed by atoms with Crippen LogP contribution in [0.3, 0.4) is 0 Å². The van der Waals surface area contributed by atoms with Gasteiger partial charge in [-0.1, -0.05) is 0 Å². The number of fused-ring (bicyclic) bond motifs is 1. The van der Waals surface area contributed by atoms with Crippen molar-refractivity contribution >= 4 is 38.5 Å². The van der Waals surface area contributed by atoms with Gasteiger partial charge in [-0.2, -0.15) is 0 Å². The summed E-state index contributed by atoms with van der Waals surface area (Å²) in [5.74, 6) is 1.86. The third kappa shape index (κ3) is 1.82. The Labute approximate surface area is 112 Å². The fourth-order valence-corrected chi connectivity index (χ4v) is 3.42. The molecule has 2 fully saturated rings. The molecule has 2 aliphatic carbocycles. The first-order valence-corrected chi connectivity index (χ1v) is 7.21. The molecular formula is C12H12BrIO. The summed E-state index contributed by atoms with van der Waals surface area (Å²) in [5.41, 5.74) is 0.215. The van der Waals surface area contributed by atoms with Gasteiger partial charge in [-0.05, 0) is 82.4 Å². The van der Waals surface area contributed by atoms with Crippen molar-refractivity contribution in [2.45, 2.75) is 31.3 Å². The van der Waals surface area contributed by atoms with E-state index in [1.807, 2.05) is 0 Å². The Morgan fingerprint density at radius 2 is 2.33 bits per heavy atom. The zero-order valence-corrected chi connectivity index (χ0v) is 12.0. The van der Waals surface area contributed by atoms with Gasteiger partial charge in [0, 0.05) is 9.49 Å². The quantitative estimate of drug-likeness (QED) is 0.694. The maximum absolute atomic E-state index is 6.20. The normalized spacial score (nSPS) is 32.5. The van der Waals surface area contributed by atoms with Crippen molar-refractivity contribution in [3.63, 3.8) is 0 Å². The monoisotopic (exact) mass is 378 g/mol. The molecular weight excluding hydrogens is 367 g/mol. The van der Waals surface area contributed by atoms with Crippen LogP contribution in [0.5, 0.6) is 5.75 Å². The van der Waals surface area contributed by atoms with Crippen LogP contribution in [0.2, 0.25) is 0 Å². The fraction of sp³-hybridized carbons (Fsp3) is 0.500. The largest absolute Gasteiger partial charge is 0.486 e. The molecule has 2 aliphatic rings. The molecule has 0 aliphatic heterocycles. The van der Waals surface area contributed by atoms with Gasteiger partial charge in [0.05, 0.1) is 4.47 Å². The Kier molecular flexibility index (Phi) is 2.51. The molecule has 0 saturated heterocycles. The van der Waals surface area contributed by atoms with Crippen molar-refractivity contribution in [3.05, 3.63) is 26.2 Å². The standard InChI is InChI=1S/C12H12BrIO/c13-10-4-3-9(14)6-11(10)15-12-5-1-2-8(12)7-12/h3-4,6,8H,1-2,5,7H2. The lowest BCUT2D eigenvalue weighted by atomic mass is 10.2. The van der Waals surface area contributed by atoms with Crippen molar-refractivity contribution in [2.75, 3.05) is 0 Å². The number of hydrogen-bond acceptors (Lipinski definition) is 1. The summed E-state index contributed by atoms with van der Waals surface area (Å²) in [4.78, 5) is 0. The molecule has 3 heteroatoms. The second-order valence-corrected chi connectivity index (χ2v) is 6.63. The second kappa shape index (κ2) is 3.62. The molecule has 0 aromatic heterocycles. The van der Waals surface area contributed by atoms with Crippen LogP contribution in [0.15, 0.2) is 22.7 Å². The molecule has 1 aromatic rings. The van der Waals surface area contributed by atoms with Gasteiger partial charge in [-0.15, -0.1) is 0 Å². The van der Waals surface area contributed by atoms with Crippen LogP contribution >= 0.6 is 38.5 Å². The number of benzene rings is 1. The van der Waals surface area contributed by atoms with Crippen LogP contribution in [-0.2, 0) is 0 Å². The molecule has 2 atom stereocenters. The van der Waals surface area contributed by atoms with Crippen LogP contribution in [-0.4, -0.2) is 5.60 Å². The maximum atomic E-state index is 6.20. The van der Waals surface area contributed by atoms with E-state index >= 15 is 0 Å². The highest BCUT2D eigenvalue weighted by atomic mass is 127. The van der Waals surface area contributed by atoms with E-state index in [1.165, 1.54) is 29.3 Å². The Morgan fingerprint density at radius 1 is 1.47 bits per heavy atom. The number of ether oxygens (including phenoxy) is 1. The molecule has 0 N–H and O–H groups in total. The zero-order valence-electron chi connectivity index (χ0n) is 8.30. The summed E-state index contributed by atoms with van der Waals surface area (Å²) in [6.45, 7) is 0. The molecule has 2 unspecified atom stereocenters. The molecule has 0 spiro atoms. The molecule has 3 rings (SSSR count). The van der Waals surface area contributed by atoms with E-state index in [0.717, 1.165) is 16.1 Å². The first-order valence-electron chi connectivity index (χ1n) is 5.34. The Bertz CT molecular complexity index is 407. The Balaban J connectivity index is 1.85. The number of halogens is 2. The lowest BCUT2D eigenvalue weighted by molar-refractivity contribution is 0.170. The van der Waals surface area contributed by atoms with Crippen LogP contribution < -0.4 is 4.74 Å². The summed E-state index contributed by atoms with van der Waals surface area (Å²) >= 11 is 5.88. The van der Waals surface area contributed by atoms with Gasteiger partial charge in [0.1, 0.15) is 11.4 Å². The molecule has 0 bridgehead atoms. The molecule has 2 saturated carbocycles. The van der Waals surface area contributed by atoms with Gasteiger partial charge in [-0.3, -0.25) is 0 Å². The highest BCUT2D eigenvalue weighted by molar-refractivity contribution is 14.1. The first kappa shape index (κ1) is 10.4. The molecule has 80 valence electrons. The summed E-state index contributed by atoms with van der Waals surface area (Å²) in [7, 11) is 0. The van der Waals surface area contributed by atoms with Crippen LogP contribution in [0.1, 0.15) is 25.7 Å². The fourth-order valence-electron chi connectivity index (χ4n) is 2.63. The van der Waals surface area contributed by atoms with Crippen molar-refractivity contribution in [1.82, 2.24) is 0 Å². The van der Waals surface area contributed by atoms with E-state index in [0.29, 0.717) is 0 Å². The van der Waals surface area contributed by atoms with Gasteiger partial charge in [0.15, 0.2) is 0 Å². The van der Waals surface area contributed by atoms with Gasteiger partial charge in [0.2, 0.25) is 0 Å². The molecule has 1 aromatic carbocycles. The second-order valence-electron chi connectivity index (χ2n) is 4.53. The smallest absolute Gasteiger partial charge is 0.135 e. The van der Waals surface area contributed by atoms with Crippen LogP contribution in [0.4, 0.5) is 0 Å². The third-order valence-corrected chi connectivity index (χ3v) is 4.86. The average Bonchev–Trinajstić information content (AvgIpc) is 2.74. The van der Waals surface area contributed by atoms with Crippen LogP contribution in [0.25, 0.3) is 0 Å². The van der Waals surface area contributed by atoms with Crippen molar-refractivity contribution in [1.29, 1.82) is 0 Å². The van der Waals surface area contributed by atoms with Crippen molar-refractivity contribution in [2.24, 2.45) is 5.92 Å². The van der Waals surface area contributed by atoms with Gasteiger partial charge < -0.3 is 4.74 Å². The molecule has 0 heterocycles. The highest BCUT2D eigenvalue weighted by Gasteiger charge is 2.59. The maximum Gasteiger partial charge on any atom is 0.135 e. The van der Waals surface area contributed by atoms with Gasteiger partial charge in [-0.25, -0.2) is 0 Å². The SMILES string of the molecule is Brc1ccc(I)cc1OC12CCCC1C2. The summed E-state index contributed by atoms with van der Waals surface area (Å²) < 4.78 is 8.51. The minimum atomic E-state index is 0.215. The predicted molar refractivity (Wildman–Crippen MR) is 72.2 cm³/mol. The van der Waals surface area contributed by atoms with Gasteiger partial charge in [0.25, 0.3) is 0 Å². The third-order valence-electron chi connectivity index (χ3n) is 3.53. The summed E-state index contributed by atoms with van der Waals surface area (Å²) in [6.07, 6.45) is 5.22. The van der Waals surface area contributed by atoms with Crippen molar-refractivity contribution in [3.8, 4) is 5.75 Å². The summed E-state index contributed by atoms with van der Waals surface area (Å²) in [6, 6.07) is 6.28. The Hall–Kier alpha value is 0.230. The van der Waals surface area contributed by atoms with E-state index in [9.17, 15) is 0 Å². The van der Waals surface area contributed by atoms with E-state index in [1.54, 1.807) is 0 Å². The van der Waals surface area contributed by atoms with E-state index in [-0.39, 0.29) is 5.60 Å². The zero-order chi connectivity index (χ0) is 10.5. The minimum absolute atomic E-state index is 0.215. The molecule has 1 nitrogen and oxygen atoms in total. The minimum Gasteiger partial charge on any atom is -0.486 e. The lowest BCUT2D eigenvalue weighted by Gasteiger charge is -2.17. The summed E-state index contributed by atoms with van der Waals surface area (Å²) in [5, 5.41) is 0. The van der Waals surface area contributed by atoms with E-state index in [4.69, 9.17) is 4.74 Å². The Morgan fingerprint density at radius 3 is 3.00 bits per heavy atom. The molecule has 15 heavy (non-hydrogen) atoms. The lowest BCUT2D eigenvalue weighted by Crippen LogP contribution is -2.17. The van der Waals surface area contributed by atoms with E-state index in [2.05, 4.69) is 56.7 Å². The highest BCUT2D eigenvalue weighted by Crippen LogP contribution is 2.58. The molecule has 0 amide bonds. The molecule has 0 radical (unpaired) electrons. The number of hydrogen-bond donors (Lipinski definition) is 0. The average molecular weight is 379 g/mol. The van der Waals surface area contributed by atoms with Gasteiger partial charge >= 0.3 is 0 Å². The number of rotatable bonds is 2. The van der Waals surface area contributed by atoms with Crippen LogP contribution in [0, 0.1) is 9.49 Å². The predicted octanol–water partition coefficient (Wildman–Crippen LogP) is 4.38. The van der Waals surface area contributed by atoms with Crippen molar-refractivity contribution < 1.29 is 4.74 Å². The van der Waals surface area contributed by atoms with E-state index < -0.39 is 0 Å².